The van der Waals surface area contributed by atoms with Crippen LogP contribution in [0.3, 0.4) is 0 Å². The van der Waals surface area contributed by atoms with Gasteiger partial charge in [0.05, 0.1) is 0 Å². The number of carbonyl (C=O) groups is 1. The van der Waals surface area contributed by atoms with Crippen LogP contribution in [0.2, 0.25) is 0 Å². The van der Waals surface area contributed by atoms with Crippen LogP contribution in [-0.2, 0) is 4.79 Å². The Balaban J connectivity index is 3.85. The molecule has 0 spiro atoms. The van der Waals surface area contributed by atoms with Crippen molar-refractivity contribution in [1.29, 1.82) is 0 Å². The van der Waals surface area contributed by atoms with Gasteiger partial charge in [0, 0.05) is 5.57 Å². The van der Waals surface area contributed by atoms with Gasteiger partial charge in [0.2, 0.25) is 0 Å². The molecule has 0 aromatic heterocycles. The minimum absolute atomic E-state index is 0.512. The molecule has 0 aliphatic carbocycles. The highest BCUT2D eigenvalue weighted by Crippen LogP contribution is 2.03. The Morgan fingerprint density at radius 1 is 1.67 bits per heavy atom. The molecule has 1 N–H and O–H groups in total. The molecular weight excluding hydrogens is 116 g/mol. The van der Waals surface area contributed by atoms with Gasteiger partial charge >= 0.3 is 5.97 Å². The van der Waals surface area contributed by atoms with Crippen molar-refractivity contribution >= 4 is 5.97 Å². The number of hydrogen-bond donors (Lipinski definition) is 1. The fraction of sp³-hybridized carbons (Fsp3) is 0.571. The molecule has 0 radical (unpaired) electrons. The van der Waals surface area contributed by atoms with E-state index in [0.717, 1.165) is 6.42 Å². The summed E-state index contributed by atoms with van der Waals surface area (Å²) < 4.78 is 0. The molecule has 0 bridgehead atoms. The van der Waals surface area contributed by atoms with Crippen LogP contribution in [0.15, 0.2) is 11.6 Å². The van der Waals surface area contributed by atoms with Gasteiger partial charge in [-0.05, 0) is 13.3 Å². The molecule has 0 aliphatic rings. The van der Waals surface area contributed by atoms with Crippen LogP contribution in [-0.4, -0.2) is 11.1 Å². The lowest BCUT2D eigenvalue weighted by atomic mass is 10.1. The Hall–Kier alpha value is -0.790. The maximum Gasteiger partial charge on any atom is 0.331 e. The molecule has 0 aliphatic heterocycles. The Labute approximate surface area is 55.2 Å². The van der Waals surface area contributed by atoms with Crippen molar-refractivity contribution in [3.63, 3.8) is 0 Å². The molecule has 0 rings (SSSR count). The van der Waals surface area contributed by atoms with Crippen molar-refractivity contribution in [2.24, 2.45) is 0 Å². The van der Waals surface area contributed by atoms with Crippen molar-refractivity contribution in [3.8, 4) is 0 Å². The monoisotopic (exact) mass is 128 g/mol. The van der Waals surface area contributed by atoms with Gasteiger partial charge in [0.15, 0.2) is 0 Å². The predicted octanol–water partition coefficient (Wildman–Crippen LogP) is 1.82. The van der Waals surface area contributed by atoms with E-state index in [1.54, 1.807) is 13.0 Å². The van der Waals surface area contributed by atoms with Gasteiger partial charge < -0.3 is 5.11 Å². The summed E-state index contributed by atoms with van der Waals surface area (Å²) in [7, 11) is 0. The van der Waals surface area contributed by atoms with Crippen LogP contribution in [0, 0.1) is 0 Å². The van der Waals surface area contributed by atoms with Crippen molar-refractivity contribution in [3.05, 3.63) is 11.6 Å². The quantitative estimate of drug-likeness (QED) is 0.588. The van der Waals surface area contributed by atoms with Crippen LogP contribution in [0.4, 0.5) is 0 Å². The largest absolute Gasteiger partial charge is 0.478 e. The first-order valence-electron chi connectivity index (χ1n) is 3.10. The summed E-state index contributed by atoms with van der Waals surface area (Å²) in [5, 5.41) is 8.44. The van der Waals surface area contributed by atoms with Crippen molar-refractivity contribution in [2.75, 3.05) is 0 Å². The van der Waals surface area contributed by atoms with E-state index < -0.39 is 5.97 Å². The Bertz CT molecular complexity index is 125. The van der Waals surface area contributed by atoms with E-state index in [0.29, 0.717) is 12.0 Å². The average Bonchev–Trinajstić information content (AvgIpc) is 1.82. The zero-order valence-electron chi connectivity index (χ0n) is 5.85. The molecule has 0 saturated heterocycles. The van der Waals surface area contributed by atoms with Crippen molar-refractivity contribution < 1.29 is 9.90 Å². The lowest BCUT2D eigenvalue weighted by molar-refractivity contribution is -0.132. The van der Waals surface area contributed by atoms with Crippen molar-refractivity contribution in [1.82, 2.24) is 0 Å². The molecule has 2 heteroatoms. The molecule has 0 saturated carbocycles. The number of rotatable bonds is 3. The molecule has 2 nitrogen and oxygen atoms in total. The first kappa shape index (κ1) is 8.21. The summed E-state index contributed by atoms with van der Waals surface area (Å²) >= 11 is 0. The van der Waals surface area contributed by atoms with Gasteiger partial charge in [-0.2, -0.15) is 0 Å². The summed E-state index contributed by atoms with van der Waals surface area (Å²) in [5.74, 6) is -0.792. The standard InChI is InChI=1S/C7H12O2/c1-3-5-6(4-2)7(8)9/h4H,3,5H2,1-2H3,(H,8,9)/b6-4-. The van der Waals surface area contributed by atoms with E-state index in [4.69, 9.17) is 5.11 Å². The van der Waals surface area contributed by atoms with E-state index in [9.17, 15) is 4.79 Å². The third-order valence-electron chi connectivity index (χ3n) is 1.14. The zero-order valence-corrected chi connectivity index (χ0v) is 5.85. The minimum Gasteiger partial charge on any atom is -0.478 e. The van der Waals surface area contributed by atoms with E-state index in [1.165, 1.54) is 0 Å². The molecular formula is C7H12O2. The Morgan fingerprint density at radius 3 is 2.33 bits per heavy atom. The van der Waals surface area contributed by atoms with Gasteiger partial charge in [-0.1, -0.05) is 19.4 Å². The molecule has 0 aromatic rings. The van der Waals surface area contributed by atoms with E-state index in [-0.39, 0.29) is 0 Å². The second-order valence-electron chi connectivity index (χ2n) is 1.87. The molecule has 9 heavy (non-hydrogen) atoms. The first-order valence-corrected chi connectivity index (χ1v) is 3.10. The topological polar surface area (TPSA) is 37.3 Å². The van der Waals surface area contributed by atoms with E-state index >= 15 is 0 Å². The second kappa shape index (κ2) is 4.13. The summed E-state index contributed by atoms with van der Waals surface area (Å²) in [6.45, 7) is 3.71. The molecule has 0 aromatic carbocycles. The normalized spacial score (nSPS) is 11.6. The van der Waals surface area contributed by atoms with Crippen molar-refractivity contribution in [2.45, 2.75) is 26.7 Å². The number of hydrogen-bond acceptors (Lipinski definition) is 1. The molecule has 0 fully saturated rings. The predicted molar refractivity (Wildman–Crippen MR) is 36.3 cm³/mol. The Kier molecular flexibility index (Phi) is 3.76. The van der Waals surface area contributed by atoms with Crippen LogP contribution in [0.1, 0.15) is 26.7 Å². The Morgan fingerprint density at radius 2 is 2.22 bits per heavy atom. The highest BCUT2D eigenvalue weighted by molar-refractivity contribution is 5.86. The highest BCUT2D eigenvalue weighted by Gasteiger charge is 2.01. The number of aliphatic carboxylic acids is 1. The number of carboxylic acid groups (broad SMARTS) is 1. The van der Waals surface area contributed by atoms with Gasteiger partial charge in [0.25, 0.3) is 0 Å². The lowest BCUT2D eigenvalue weighted by Gasteiger charge is -1.95. The summed E-state index contributed by atoms with van der Waals surface area (Å²) in [6.07, 6.45) is 3.21. The maximum atomic E-state index is 10.3. The van der Waals surface area contributed by atoms with E-state index in [1.807, 2.05) is 6.92 Å². The summed E-state index contributed by atoms with van der Waals surface area (Å²) in [5.41, 5.74) is 0.512. The van der Waals surface area contributed by atoms with Crippen LogP contribution < -0.4 is 0 Å². The van der Waals surface area contributed by atoms with Crippen LogP contribution in [0.5, 0.6) is 0 Å². The third-order valence-corrected chi connectivity index (χ3v) is 1.14. The molecule has 52 valence electrons. The third kappa shape index (κ3) is 2.90. The lowest BCUT2D eigenvalue weighted by Crippen LogP contribution is -1.98. The molecule has 0 amide bonds. The maximum absolute atomic E-state index is 10.3. The summed E-state index contributed by atoms with van der Waals surface area (Å²) in [4.78, 5) is 10.3. The van der Waals surface area contributed by atoms with Gasteiger partial charge in [-0.15, -0.1) is 0 Å². The number of allylic oxidation sites excluding steroid dienone is 1. The number of carboxylic acids is 1. The molecule has 0 unspecified atom stereocenters. The van der Waals surface area contributed by atoms with E-state index in [2.05, 4.69) is 0 Å². The SMILES string of the molecule is C/C=C(/CCC)C(=O)O. The zero-order chi connectivity index (χ0) is 7.28. The summed E-state index contributed by atoms with van der Waals surface area (Å²) in [6, 6.07) is 0. The van der Waals surface area contributed by atoms with Gasteiger partial charge in [-0.25, -0.2) is 4.79 Å². The second-order valence-corrected chi connectivity index (χ2v) is 1.87. The smallest absolute Gasteiger partial charge is 0.331 e. The fourth-order valence-corrected chi connectivity index (χ4v) is 0.644. The molecule has 0 atom stereocenters. The van der Waals surface area contributed by atoms with Gasteiger partial charge in [0.1, 0.15) is 0 Å². The fourth-order valence-electron chi connectivity index (χ4n) is 0.644. The van der Waals surface area contributed by atoms with Crippen LogP contribution in [0.25, 0.3) is 0 Å². The van der Waals surface area contributed by atoms with Gasteiger partial charge in [-0.3, -0.25) is 0 Å². The minimum atomic E-state index is -0.792. The molecule has 0 heterocycles. The highest BCUT2D eigenvalue weighted by atomic mass is 16.4. The average molecular weight is 128 g/mol. The first-order chi connectivity index (χ1) is 4.22. The van der Waals surface area contributed by atoms with Crippen LogP contribution >= 0.6 is 0 Å².